The van der Waals surface area contributed by atoms with Crippen molar-refractivity contribution in [1.29, 1.82) is 0 Å². The molecule has 0 fully saturated rings. The van der Waals surface area contributed by atoms with Gasteiger partial charge in [-0.1, -0.05) is 26.0 Å². The van der Waals surface area contributed by atoms with Crippen LogP contribution in [0.3, 0.4) is 0 Å². The number of hydrogen-bond donors (Lipinski definition) is 0. The van der Waals surface area contributed by atoms with E-state index in [0.717, 1.165) is 17.9 Å². The summed E-state index contributed by atoms with van der Waals surface area (Å²) in [6.07, 6.45) is 3.24. The molecule has 3 rings (SSSR count). The fourth-order valence-corrected chi connectivity index (χ4v) is 2.67. The van der Waals surface area contributed by atoms with Gasteiger partial charge in [0.15, 0.2) is 0 Å². The molecular formula is C21H22N2O4. The zero-order valence-corrected chi connectivity index (χ0v) is 15.5. The van der Waals surface area contributed by atoms with Gasteiger partial charge in [0.05, 0.1) is 30.6 Å². The Hall–Kier alpha value is -3.15. The lowest BCUT2D eigenvalue weighted by molar-refractivity contribution is 0.0660. The first-order valence-corrected chi connectivity index (χ1v) is 9.07. The highest BCUT2D eigenvalue weighted by atomic mass is 16.5. The van der Waals surface area contributed by atoms with Crippen LogP contribution in [-0.4, -0.2) is 36.3 Å². The largest absolute Gasteiger partial charge is 0.493 e. The Morgan fingerprint density at radius 3 is 2.19 bits per heavy atom. The van der Waals surface area contributed by atoms with E-state index in [1.807, 2.05) is 19.9 Å². The third-order valence-electron chi connectivity index (χ3n) is 4.00. The van der Waals surface area contributed by atoms with Gasteiger partial charge in [-0.3, -0.25) is 9.59 Å². The Kier molecular flexibility index (Phi) is 5.86. The van der Waals surface area contributed by atoms with Gasteiger partial charge in [-0.25, -0.2) is 0 Å². The molecule has 0 aromatic heterocycles. The third kappa shape index (κ3) is 4.00. The van der Waals surface area contributed by atoms with E-state index in [1.54, 1.807) is 36.4 Å². The lowest BCUT2D eigenvalue weighted by Gasteiger charge is -2.12. The summed E-state index contributed by atoms with van der Waals surface area (Å²) in [5.41, 5.74) is 1.40. The summed E-state index contributed by atoms with van der Waals surface area (Å²) < 4.78 is 11.4. The summed E-state index contributed by atoms with van der Waals surface area (Å²) in [5.74, 6) is 0.461. The van der Waals surface area contributed by atoms with E-state index in [-0.39, 0.29) is 0 Å². The molecule has 27 heavy (non-hydrogen) atoms. The van der Waals surface area contributed by atoms with E-state index in [9.17, 15) is 9.59 Å². The second-order valence-electron chi connectivity index (χ2n) is 6.11. The summed E-state index contributed by atoms with van der Waals surface area (Å²) in [7, 11) is 0. The first-order chi connectivity index (χ1) is 13.2. The maximum atomic E-state index is 12.4. The molecular weight excluding hydrogens is 344 g/mol. The standard InChI is InChI=1S/C21H22N2O4/c1-3-11-26-16-10-9-15(19(13-16)27-12-4-2)14-22-23-20(24)17-7-5-6-8-18(17)21(23)25/h5-10,13-14H,3-4,11-12H2,1-2H3/b22-14-. The second-order valence-corrected chi connectivity index (χ2v) is 6.11. The average Bonchev–Trinajstić information content (AvgIpc) is 2.94. The molecule has 0 spiro atoms. The lowest BCUT2D eigenvalue weighted by atomic mass is 10.1. The van der Waals surface area contributed by atoms with E-state index in [4.69, 9.17) is 9.47 Å². The summed E-state index contributed by atoms with van der Waals surface area (Å²) in [6, 6.07) is 12.1. The predicted molar refractivity (Wildman–Crippen MR) is 103 cm³/mol. The van der Waals surface area contributed by atoms with Crippen LogP contribution < -0.4 is 9.47 Å². The molecule has 140 valence electrons. The van der Waals surface area contributed by atoms with Gasteiger partial charge in [0, 0.05) is 11.6 Å². The van der Waals surface area contributed by atoms with Gasteiger partial charge < -0.3 is 9.47 Å². The Balaban J connectivity index is 1.84. The van der Waals surface area contributed by atoms with Gasteiger partial charge in [0.2, 0.25) is 0 Å². The molecule has 2 amide bonds. The highest BCUT2D eigenvalue weighted by Crippen LogP contribution is 2.26. The second kappa shape index (κ2) is 8.49. The van der Waals surface area contributed by atoms with E-state index < -0.39 is 11.8 Å². The fraction of sp³-hybridized carbons (Fsp3) is 0.286. The fourth-order valence-electron chi connectivity index (χ4n) is 2.67. The number of benzene rings is 2. The molecule has 0 aliphatic carbocycles. The molecule has 1 heterocycles. The number of hydrazone groups is 1. The molecule has 2 aromatic carbocycles. The average molecular weight is 366 g/mol. The number of carbonyl (C=O) groups excluding carboxylic acids is 2. The molecule has 0 saturated heterocycles. The Morgan fingerprint density at radius 1 is 0.926 bits per heavy atom. The molecule has 2 aromatic rings. The van der Waals surface area contributed by atoms with E-state index in [0.29, 0.717) is 41.4 Å². The Labute approximate surface area is 158 Å². The van der Waals surface area contributed by atoms with Gasteiger partial charge in [0.1, 0.15) is 11.5 Å². The number of hydrogen-bond acceptors (Lipinski definition) is 5. The monoisotopic (exact) mass is 366 g/mol. The minimum atomic E-state index is -0.425. The number of amides is 2. The van der Waals surface area contributed by atoms with Crippen LogP contribution >= 0.6 is 0 Å². The van der Waals surface area contributed by atoms with Crippen LogP contribution in [-0.2, 0) is 0 Å². The van der Waals surface area contributed by atoms with Crippen LogP contribution in [0.5, 0.6) is 11.5 Å². The quantitative estimate of drug-likeness (QED) is 0.525. The predicted octanol–water partition coefficient (Wildman–Crippen LogP) is 3.89. The molecule has 1 aliphatic heterocycles. The van der Waals surface area contributed by atoms with E-state index in [2.05, 4.69) is 5.10 Å². The molecule has 0 radical (unpaired) electrons. The molecule has 6 heteroatoms. The zero-order valence-electron chi connectivity index (χ0n) is 15.5. The lowest BCUT2D eigenvalue weighted by Crippen LogP contribution is -2.24. The molecule has 0 saturated carbocycles. The van der Waals surface area contributed by atoms with Crippen molar-refractivity contribution in [2.45, 2.75) is 26.7 Å². The zero-order chi connectivity index (χ0) is 19.2. The molecule has 0 N–H and O–H groups in total. The van der Waals surface area contributed by atoms with Crippen LogP contribution in [0.1, 0.15) is 53.0 Å². The maximum absolute atomic E-state index is 12.4. The highest BCUT2D eigenvalue weighted by molar-refractivity contribution is 6.21. The van der Waals surface area contributed by atoms with Crippen LogP contribution in [0, 0.1) is 0 Å². The van der Waals surface area contributed by atoms with Crippen LogP contribution in [0.15, 0.2) is 47.6 Å². The maximum Gasteiger partial charge on any atom is 0.282 e. The van der Waals surface area contributed by atoms with Crippen molar-refractivity contribution in [3.63, 3.8) is 0 Å². The summed E-state index contributed by atoms with van der Waals surface area (Å²) in [6.45, 7) is 5.22. The van der Waals surface area contributed by atoms with Crippen LogP contribution in [0.2, 0.25) is 0 Å². The molecule has 0 atom stereocenters. The number of rotatable bonds is 8. The van der Waals surface area contributed by atoms with Gasteiger partial charge in [-0.05, 0) is 37.1 Å². The topological polar surface area (TPSA) is 68.2 Å². The van der Waals surface area contributed by atoms with Gasteiger partial charge in [0.25, 0.3) is 11.8 Å². The summed E-state index contributed by atoms with van der Waals surface area (Å²) >= 11 is 0. The number of fused-ring (bicyclic) bond motifs is 1. The SMILES string of the molecule is CCCOc1ccc(/C=N\N2C(=O)c3ccccc3C2=O)c(OCCC)c1. The molecule has 6 nitrogen and oxygen atoms in total. The minimum Gasteiger partial charge on any atom is -0.493 e. The number of carbonyl (C=O) groups is 2. The number of ether oxygens (including phenoxy) is 2. The number of nitrogens with zero attached hydrogens (tertiary/aromatic N) is 2. The van der Waals surface area contributed by atoms with Crippen LogP contribution in [0.25, 0.3) is 0 Å². The summed E-state index contributed by atoms with van der Waals surface area (Å²) in [4.78, 5) is 24.8. The third-order valence-corrected chi connectivity index (χ3v) is 4.00. The van der Waals surface area contributed by atoms with E-state index >= 15 is 0 Å². The van der Waals surface area contributed by atoms with Crippen molar-refractivity contribution in [3.05, 3.63) is 59.2 Å². The van der Waals surface area contributed by atoms with Crippen molar-refractivity contribution in [1.82, 2.24) is 5.01 Å². The minimum absolute atomic E-state index is 0.366. The van der Waals surface area contributed by atoms with Crippen molar-refractivity contribution in [3.8, 4) is 11.5 Å². The summed E-state index contributed by atoms with van der Waals surface area (Å²) in [5, 5.41) is 5.00. The Morgan fingerprint density at radius 2 is 1.56 bits per heavy atom. The number of imide groups is 1. The van der Waals surface area contributed by atoms with Gasteiger partial charge >= 0.3 is 0 Å². The first kappa shape index (κ1) is 18.6. The molecule has 1 aliphatic rings. The smallest absolute Gasteiger partial charge is 0.282 e. The molecule has 0 unspecified atom stereocenters. The highest BCUT2D eigenvalue weighted by Gasteiger charge is 2.35. The van der Waals surface area contributed by atoms with Crippen LogP contribution in [0.4, 0.5) is 0 Å². The van der Waals surface area contributed by atoms with Crippen molar-refractivity contribution in [2.24, 2.45) is 5.10 Å². The van der Waals surface area contributed by atoms with Crippen molar-refractivity contribution < 1.29 is 19.1 Å². The van der Waals surface area contributed by atoms with E-state index in [1.165, 1.54) is 6.21 Å². The Bertz CT molecular complexity index is 841. The van der Waals surface area contributed by atoms with Gasteiger partial charge in [-0.15, -0.1) is 0 Å². The normalized spacial score (nSPS) is 13.3. The first-order valence-electron chi connectivity index (χ1n) is 9.07. The van der Waals surface area contributed by atoms with Crippen molar-refractivity contribution in [2.75, 3.05) is 13.2 Å². The van der Waals surface area contributed by atoms with Crippen molar-refractivity contribution >= 4 is 18.0 Å². The van der Waals surface area contributed by atoms with Gasteiger partial charge in [-0.2, -0.15) is 10.1 Å². The molecule has 0 bridgehead atoms.